The lowest BCUT2D eigenvalue weighted by Gasteiger charge is -2.18. The highest BCUT2D eigenvalue weighted by Crippen LogP contribution is 2.30. The minimum absolute atomic E-state index is 1.03. The van der Waals surface area contributed by atoms with E-state index in [0.29, 0.717) is 0 Å². The van der Waals surface area contributed by atoms with Crippen molar-refractivity contribution in [2.75, 3.05) is 0 Å². The van der Waals surface area contributed by atoms with E-state index in [0.717, 1.165) is 19.3 Å². The summed E-state index contributed by atoms with van der Waals surface area (Å²) in [6.07, 6.45) is 12.5. The van der Waals surface area contributed by atoms with Crippen molar-refractivity contribution >= 4 is 0 Å². The van der Waals surface area contributed by atoms with Crippen LogP contribution >= 0.6 is 0 Å². The van der Waals surface area contributed by atoms with Crippen molar-refractivity contribution in [1.82, 2.24) is 0 Å². The van der Waals surface area contributed by atoms with Crippen LogP contribution in [0.5, 0.6) is 0 Å². The van der Waals surface area contributed by atoms with Crippen molar-refractivity contribution in [3.8, 4) is 0 Å². The molecule has 22 heavy (non-hydrogen) atoms. The first-order chi connectivity index (χ1) is 10.5. The van der Waals surface area contributed by atoms with E-state index >= 15 is 0 Å². The van der Waals surface area contributed by atoms with Gasteiger partial charge in [0.2, 0.25) is 0 Å². The maximum Gasteiger partial charge on any atom is -0.00669 e. The first-order valence-electron chi connectivity index (χ1n) is 8.89. The van der Waals surface area contributed by atoms with Crippen LogP contribution in [0.1, 0.15) is 80.6 Å². The predicted octanol–water partition coefficient (Wildman–Crippen LogP) is 7.71. The van der Waals surface area contributed by atoms with E-state index in [1.54, 1.807) is 0 Å². The summed E-state index contributed by atoms with van der Waals surface area (Å²) in [6, 6.07) is 0. The predicted molar refractivity (Wildman–Crippen MR) is 103 cm³/mol. The molecule has 0 aliphatic heterocycles. The van der Waals surface area contributed by atoms with Gasteiger partial charge in [0.25, 0.3) is 0 Å². The summed E-state index contributed by atoms with van der Waals surface area (Å²) < 4.78 is 0. The fraction of sp³-hybridized carbons (Fsp3) is 0.545. The summed E-state index contributed by atoms with van der Waals surface area (Å²) in [5, 5.41) is 0. The van der Waals surface area contributed by atoms with Crippen molar-refractivity contribution in [3.05, 3.63) is 58.2 Å². The van der Waals surface area contributed by atoms with E-state index in [-0.39, 0.29) is 0 Å². The Labute approximate surface area is 139 Å². The number of allylic oxidation sites excluding steroid dienone is 9. The van der Waals surface area contributed by atoms with E-state index in [1.807, 2.05) is 13.8 Å². The van der Waals surface area contributed by atoms with Gasteiger partial charge in [-0.15, -0.1) is 0 Å². The van der Waals surface area contributed by atoms with E-state index in [2.05, 4.69) is 59.4 Å². The zero-order chi connectivity index (χ0) is 17.1. The summed E-state index contributed by atoms with van der Waals surface area (Å²) in [5.41, 5.74) is 8.60. The monoisotopic (exact) mass is 300 g/mol. The van der Waals surface area contributed by atoms with Gasteiger partial charge in [-0.3, -0.25) is 0 Å². The van der Waals surface area contributed by atoms with Gasteiger partial charge in [-0.2, -0.15) is 0 Å². The lowest BCUT2D eigenvalue weighted by atomic mass is 9.88. The molecule has 0 spiro atoms. The van der Waals surface area contributed by atoms with E-state index in [1.165, 1.54) is 46.3 Å². The molecule has 0 bridgehead atoms. The van der Waals surface area contributed by atoms with Crippen LogP contribution in [0.3, 0.4) is 0 Å². The Hall–Kier alpha value is -1.30. The van der Waals surface area contributed by atoms with Gasteiger partial charge in [0, 0.05) is 0 Å². The zero-order valence-electron chi connectivity index (χ0n) is 16.0. The maximum absolute atomic E-state index is 4.32. The fourth-order valence-electron chi connectivity index (χ4n) is 2.59. The third-order valence-electron chi connectivity index (χ3n) is 4.30. The van der Waals surface area contributed by atoms with Crippen LogP contribution in [-0.2, 0) is 0 Å². The summed E-state index contributed by atoms with van der Waals surface area (Å²) in [5.74, 6) is 0. The highest BCUT2D eigenvalue weighted by Gasteiger charge is 2.10. The molecule has 0 unspecified atom stereocenters. The van der Waals surface area contributed by atoms with E-state index in [4.69, 9.17) is 0 Å². The molecule has 0 atom stereocenters. The minimum Gasteiger partial charge on any atom is -0.0952 e. The highest BCUT2D eigenvalue weighted by atomic mass is 14.2. The van der Waals surface area contributed by atoms with Crippen molar-refractivity contribution in [2.45, 2.75) is 80.6 Å². The van der Waals surface area contributed by atoms with Crippen LogP contribution < -0.4 is 0 Å². The molecule has 0 fully saturated rings. The average Bonchev–Trinajstić information content (AvgIpc) is 2.53. The van der Waals surface area contributed by atoms with Gasteiger partial charge in [0.05, 0.1) is 0 Å². The second-order valence-electron chi connectivity index (χ2n) is 5.86. The van der Waals surface area contributed by atoms with Crippen LogP contribution in [0.4, 0.5) is 0 Å². The molecule has 0 aromatic rings. The summed E-state index contributed by atoms with van der Waals surface area (Å²) in [6.45, 7) is 19.4. The molecular formula is C22H36. The van der Waals surface area contributed by atoms with Crippen LogP contribution in [0.2, 0.25) is 0 Å². The van der Waals surface area contributed by atoms with Crippen molar-refractivity contribution in [3.63, 3.8) is 0 Å². The van der Waals surface area contributed by atoms with Crippen molar-refractivity contribution in [1.29, 1.82) is 0 Å². The fourth-order valence-corrected chi connectivity index (χ4v) is 2.59. The van der Waals surface area contributed by atoms with Gasteiger partial charge < -0.3 is 0 Å². The Kier molecular flexibility index (Phi) is 10.6. The van der Waals surface area contributed by atoms with Crippen LogP contribution in [0.25, 0.3) is 0 Å². The molecule has 0 aromatic heterocycles. The molecule has 0 heteroatoms. The largest absolute Gasteiger partial charge is 0.0952 e. The van der Waals surface area contributed by atoms with Crippen LogP contribution in [0.15, 0.2) is 58.2 Å². The SMILES string of the molecule is C=C(CC1=CC(C)=C(C)CC1)/C(C)=C(/C=C\CC)CC.CC. The molecule has 0 heterocycles. The molecule has 0 nitrogen and oxygen atoms in total. The summed E-state index contributed by atoms with van der Waals surface area (Å²) >= 11 is 0. The quantitative estimate of drug-likeness (QED) is 0.441. The molecule has 0 aromatic carbocycles. The second-order valence-corrected chi connectivity index (χ2v) is 5.86. The molecule has 1 aliphatic rings. The molecule has 0 radical (unpaired) electrons. The first kappa shape index (κ1) is 20.7. The smallest absolute Gasteiger partial charge is 0.00669 e. The molecule has 0 saturated heterocycles. The lowest BCUT2D eigenvalue weighted by molar-refractivity contribution is 0.851. The van der Waals surface area contributed by atoms with Crippen molar-refractivity contribution in [2.24, 2.45) is 0 Å². The first-order valence-corrected chi connectivity index (χ1v) is 8.89. The second kappa shape index (κ2) is 11.3. The van der Waals surface area contributed by atoms with Crippen LogP contribution in [-0.4, -0.2) is 0 Å². The van der Waals surface area contributed by atoms with Gasteiger partial charge in [0.1, 0.15) is 0 Å². The molecule has 0 saturated carbocycles. The molecule has 0 amide bonds. The topological polar surface area (TPSA) is 0 Å². The molecular weight excluding hydrogens is 264 g/mol. The Balaban J connectivity index is 0.00000211. The van der Waals surface area contributed by atoms with E-state index < -0.39 is 0 Å². The molecule has 124 valence electrons. The van der Waals surface area contributed by atoms with Crippen LogP contribution in [0, 0.1) is 0 Å². The maximum atomic E-state index is 4.32. The summed E-state index contributed by atoms with van der Waals surface area (Å²) in [4.78, 5) is 0. The van der Waals surface area contributed by atoms with Gasteiger partial charge in [-0.05, 0) is 69.6 Å². The van der Waals surface area contributed by atoms with E-state index in [9.17, 15) is 0 Å². The number of rotatable bonds is 6. The Morgan fingerprint density at radius 2 is 1.82 bits per heavy atom. The summed E-state index contributed by atoms with van der Waals surface area (Å²) in [7, 11) is 0. The molecule has 1 rings (SSSR count). The van der Waals surface area contributed by atoms with Gasteiger partial charge in [-0.1, -0.05) is 69.2 Å². The van der Waals surface area contributed by atoms with Crippen molar-refractivity contribution < 1.29 is 0 Å². The third kappa shape index (κ3) is 6.64. The highest BCUT2D eigenvalue weighted by molar-refractivity contribution is 5.41. The molecule has 1 aliphatic carbocycles. The standard InChI is InChI=1S/C20H30.C2H6/c1-7-9-10-20(8-2)18(6)17(5)14-19-12-11-15(3)16(4)13-19;1-2/h9-10,13H,5,7-8,11-12,14H2,1-4,6H3;1-2H3/b10-9-,20-18+;. The Bertz CT molecular complexity index is 478. The normalized spacial score (nSPS) is 16.0. The average molecular weight is 301 g/mol. The number of hydrogen-bond donors (Lipinski definition) is 0. The molecule has 0 N–H and O–H groups in total. The number of hydrogen-bond acceptors (Lipinski definition) is 0. The lowest BCUT2D eigenvalue weighted by Crippen LogP contribution is -1.98. The zero-order valence-corrected chi connectivity index (χ0v) is 16.0. The van der Waals surface area contributed by atoms with Gasteiger partial charge in [0.15, 0.2) is 0 Å². The minimum atomic E-state index is 1.03. The van der Waals surface area contributed by atoms with Gasteiger partial charge >= 0.3 is 0 Å². The van der Waals surface area contributed by atoms with Gasteiger partial charge in [-0.25, -0.2) is 0 Å². The Morgan fingerprint density at radius 3 is 2.32 bits per heavy atom. The third-order valence-corrected chi connectivity index (χ3v) is 4.30. The Morgan fingerprint density at radius 1 is 1.18 bits per heavy atom.